The number of fused-ring (bicyclic) bond motifs is 1. The Labute approximate surface area is 195 Å². The third-order valence-corrected chi connectivity index (χ3v) is 6.48. The largest absolute Gasteiger partial charge is 0.586 e. The molecule has 1 aliphatic carbocycles. The van der Waals surface area contributed by atoms with Crippen LogP contribution in [0.1, 0.15) is 47.0 Å². The van der Waals surface area contributed by atoms with Crippen molar-refractivity contribution in [3.05, 3.63) is 76.5 Å². The van der Waals surface area contributed by atoms with Gasteiger partial charge in [-0.25, -0.2) is 4.79 Å². The van der Waals surface area contributed by atoms with E-state index in [1.807, 2.05) is 19.1 Å². The van der Waals surface area contributed by atoms with Crippen LogP contribution < -0.4 is 9.47 Å². The first kappa shape index (κ1) is 22.0. The van der Waals surface area contributed by atoms with Gasteiger partial charge in [0, 0.05) is 19.1 Å². The minimum atomic E-state index is -3.71. The third kappa shape index (κ3) is 3.79. The number of aromatic carboxylic acids is 1. The maximum Gasteiger partial charge on any atom is 0.586 e. The maximum atomic E-state index is 13.4. The number of carboxylic acids is 1. The highest BCUT2D eigenvalue weighted by Gasteiger charge is 2.52. The second-order valence-electron chi connectivity index (χ2n) is 8.81. The van der Waals surface area contributed by atoms with Gasteiger partial charge in [-0.15, -0.1) is 8.78 Å². The van der Waals surface area contributed by atoms with E-state index >= 15 is 0 Å². The second kappa shape index (κ2) is 7.62. The summed E-state index contributed by atoms with van der Waals surface area (Å²) in [5.74, 6) is -1.21. The van der Waals surface area contributed by atoms with E-state index in [9.17, 15) is 23.5 Å². The van der Waals surface area contributed by atoms with Crippen LogP contribution in [0.4, 0.5) is 8.78 Å². The van der Waals surface area contributed by atoms with Crippen molar-refractivity contribution in [2.75, 3.05) is 0 Å². The number of carbonyl (C=O) groups is 2. The molecule has 5 rings (SSSR count). The Morgan fingerprint density at radius 1 is 1.00 bits per heavy atom. The number of aromatic nitrogens is 1. The molecule has 2 heterocycles. The number of hydrogen-bond acceptors (Lipinski definition) is 5. The third-order valence-electron chi connectivity index (χ3n) is 6.48. The molecule has 176 valence electrons. The van der Waals surface area contributed by atoms with Crippen molar-refractivity contribution in [2.24, 2.45) is 0 Å². The zero-order chi connectivity index (χ0) is 24.3. The summed E-state index contributed by atoms with van der Waals surface area (Å²) in [6, 6.07) is 13.2. The molecule has 2 aromatic carbocycles. The van der Waals surface area contributed by atoms with Crippen molar-refractivity contribution in [3.8, 4) is 22.8 Å². The molecule has 6 nitrogen and oxygen atoms in total. The Morgan fingerprint density at radius 3 is 2.41 bits per heavy atom. The van der Waals surface area contributed by atoms with Crippen LogP contribution in [0.25, 0.3) is 11.3 Å². The molecule has 34 heavy (non-hydrogen) atoms. The molecular formula is C26H23F2NO5. The topological polar surface area (TPSA) is 85.7 Å². The van der Waals surface area contributed by atoms with Crippen LogP contribution in [0.2, 0.25) is 0 Å². The monoisotopic (exact) mass is 467 g/mol. The Hall–Kier alpha value is -3.81. The number of benzene rings is 2. The lowest BCUT2D eigenvalue weighted by molar-refractivity contribution is -0.286. The van der Waals surface area contributed by atoms with E-state index in [0.717, 1.165) is 5.56 Å². The average Bonchev–Trinajstić information content (AvgIpc) is 3.52. The van der Waals surface area contributed by atoms with E-state index in [4.69, 9.17) is 0 Å². The summed E-state index contributed by atoms with van der Waals surface area (Å²) in [6.07, 6.45) is -2.42. The Kier molecular flexibility index (Phi) is 4.93. The number of hydrogen-bond donors (Lipinski definition) is 1. The van der Waals surface area contributed by atoms with E-state index < -0.39 is 17.7 Å². The van der Waals surface area contributed by atoms with Crippen LogP contribution in [0.5, 0.6) is 11.5 Å². The Balaban J connectivity index is 0.00000289. The summed E-state index contributed by atoms with van der Waals surface area (Å²) >= 11 is 0. The van der Waals surface area contributed by atoms with Gasteiger partial charge >= 0.3 is 12.3 Å². The fourth-order valence-electron chi connectivity index (χ4n) is 4.39. The summed E-state index contributed by atoms with van der Waals surface area (Å²) in [6.45, 7) is 3.61. The molecule has 0 radical (unpaired) electrons. The van der Waals surface area contributed by atoms with Gasteiger partial charge in [0.1, 0.15) is 5.78 Å². The van der Waals surface area contributed by atoms with Gasteiger partial charge in [-0.05, 0) is 67.6 Å². The number of halogens is 2. The van der Waals surface area contributed by atoms with Crippen molar-refractivity contribution in [1.29, 1.82) is 0 Å². The van der Waals surface area contributed by atoms with E-state index in [1.54, 1.807) is 31.2 Å². The lowest BCUT2D eigenvalue weighted by atomic mass is 9.88. The summed E-state index contributed by atoms with van der Waals surface area (Å²) in [4.78, 5) is 29.5. The van der Waals surface area contributed by atoms with E-state index in [-0.39, 0.29) is 30.7 Å². The van der Waals surface area contributed by atoms with Crippen molar-refractivity contribution >= 4 is 11.8 Å². The number of alkyl halides is 2. The van der Waals surface area contributed by atoms with Gasteiger partial charge < -0.3 is 14.6 Å². The molecule has 0 saturated heterocycles. The molecule has 1 fully saturated rings. The molecule has 2 aliphatic rings. The highest BCUT2D eigenvalue weighted by Crippen LogP contribution is 2.52. The molecule has 0 bridgehead atoms. The fourth-order valence-corrected chi connectivity index (χ4v) is 4.39. The quantitative estimate of drug-likeness (QED) is 0.517. The van der Waals surface area contributed by atoms with Gasteiger partial charge in [0.15, 0.2) is 11.5 Å². The lowest BCUT2D eigenvalue weighted by Crippen LogP contribution is -2.26. The highest BCUT2D eigenvalue weighted by atomic mass is 19.3. The Bertz CT molecular complexity index is 1350. The number of carboxylic acid groups (broad SMARTS) is 1. The molecule has 0 atom stereocenters. The molecular weight excluding hydrogens is 444 g/mol. The van der Waals surface area contributed by atoms with Gasteiger partial charge in [0.2, 0.25) is 0 Å². The van der Waals surface area contributed by atoms with Crippen LogP contribution in [0, 0.1) is 13.8 Å². The molecule has 1 saturated carbocycles. The normalized spacial score (nSPS) is 16.8. The number of aryl methyl sites for hydroxylation is 2. The van der Waals surface area contributed by atoms with Gasteiger partial charge in [-0.1, -0.05) is 24.3 Å². The molecule has 1 aromatic heterocycles. The van der Waals surface area contributed by atoms with Gasteiger partial charge in [-0.2, -0.15) is 0 Å². The predicted octanol–water partition coefficient (Wildman–Crippen LogP) is 5.47. The highest BCUT2D eigenvalue weighted by molar-refractivity contribution is 5.95. The first-order valence-corrected chi connectivity index (χ1v) is 10.8. The van der Waals surface area contributed by atoms with Crippen LogP contribution in [-0.4, -0.2) is 28.1 Å². The van der Waals surface area contributed by atoms with Gasteiger partial charge in [-0.3, -0.25) is 9.78 Å². The van der Waals surface area contributed by atoms with Crippen molar-refractivity contribution in [3.63, 3.8) is 0 Å². The van der Waals surface area contributed by atoms with Crippen molar-refractivity contribution < 1.29 is 34.4 Å². The number of nitrogens with zero attached hydrogens (tertiary/aromatic N) is 1. The van der Waals surface area contributed by atoms with E-state index in [1.165, 1.54) is 12.1 Å². The number of ether oxygens (including phenoxy) is 2. The fraction of sp³-hybridized carbons (Fsp3) is 0.269. The predicted molar refractivity (Wildman–Crippen MR) is 120 cm³/mol. The van der Waals surface area contributed by atoms with Crippen LogP contribution in [0.15, 0.2) is 48.5 Å². The van der Waals surface area contributed by atoms with Crippen LogP contribution in [0.3, 0.4) is 0 Å². The number of pyridine rings is 1. The summed E-state index contributed by atoms with van der Waals surface area (Å²) < 4.78 is 35.7. The smallest absolute Gasteiger partial charge is 0.478 e. The summed E-state index contributed by atoms with van der Waals surface area (Å²) in [5, 5.41) is 9.45. The van der Waals surface area contributed by atoms with E-state index in [0.29, 0.717) is 40.9 Å². The van der Waals surface area contributed by atoms with Crippen molar-refractivity contribution in [2.45, 2.75) is 44.8 Å². The van der Waals surface area contributed by atoms with Crippen LogP contribution >= 0.6 is 0 Å². The number of carbonyl (C=O) groups excluding carboxylic acids is 1. The molecule has 1 N–H and O–H groups in total. The molecule has 1 aliphatic heterocycles. The van der Waals surface area contributed by atoms with Gasteiger partial charge in [0.25, 0.3) is 0 Å². The number of Topliss-reactive ketones (excluding diaryl/α,β-unsaturated/α-hetero) is 1. The second-order valence-corrected chi connectivity index (χ2v) is 8.81. The first-order valence-electron chi connectivity index (χ1n) is 10.8. The minimum absolute atomic E-state index is 0. The molecule has 8 heteroatoms. The Morgan fingerprint density at radius 2 is 1.71 bits per heavy atom. The molecule has 0 unspecified atom stereocenters. The first-order chi connectivity index (χ1) is 16.1. The number of rotatable bonds is 6. The molecule has 0 spiro atoms. The van der Waals surface area contributed by atoms with Crippen LogP contribution in [-0.2, 0) is 16.6 Å². The lowest BCUT2D eigenvalue weighted by Gasteiger charge is -2.16. The van der Waals surface area contributed by atoms with Crippen molar-refractivity contribution in [1.82, 2.24) is 4.98 Å². The molecule has 0 amide bonds. The zero-order valence-electron chi connectivity index (χ0n) is 18.5. The maximum absolute atomic E-state index is 13.4. The SMILES string of the molecule is Cc1ccc(-c2nc(CC(=O)C3(c4ccc5c(c4)OC(F)(F)O5)CC3)ccc2C)cc1C(=O)O.[HH]. The standard InChI is InChI=1S/C26H21F2NO5.H2/c1-14-3-5-16(11-19(14)24(31)32)23-15(2)4-7-18(29-23)13-22(30)25(9-10-25)17-6-8-20-21(12-17)34-26(27,28)33-20;/h3-8,11-12H,9-10,13H2,1-2H3,(H,31,32);1H. The molecule has 3 aromatic rings. The summed E-state index contributed by atoms with van der Waals surface area (Å²) in [5.41, 5.74) is 3.40. The average molecular weight is 467 g/mol. The minimum Gasteiger partial charge on any atom is -0.478 e. The summed E-state index contributed by atoms with van der Waals surface area (Å²) in [7, 11) is 0. The van der Waals surface area contributed by atoms with Gasteiger partial charge in [0.05, 0.1) is 16.7 Å². The zero-order valence-corrected chi connectivity index (χ0v) is 18.5. The van der Waals surface area contributed by atoms with E-state index in [2.05, 4.69) is 14.5 Å². The number of ketones is 1.